The Labute approximate surface area is 114 Å². The molecule has 0 aliphatic carbocycles. The summed E-state index contributed by atoms with van der Waals surface area (Å²) >= 11 is 5.98. The first-order valence-electron chi connectivity index (χ1n) is 6.30. The summed E-state index contributed by atoms with van der Waals surface area (Å²) < 4.78 is 0. The SMILES string of the molecule is CCC(CC)(CCl)NC(=O)c1cc(C)cc(C)n1. The number of aromatic nitrogens is 1. The van der Waals surface area contributed by atoms with Crippen molar-refractivity contribution in [3.05, 3.63) is 29.1 Å². The fourth-order valence-electron chi connectivity index (χ4n) is 1.91. The monoisotopic (exact) mass is 268 g/mol. The highest BCUT2D eigenvalue weighted by molar-refractivity contribution is 6.18. The van der Waals surface area contributed by atoms with Crippen LogP contribution in [-0.2, 0) is 0 Å². The van der Waals surface area contributed by atoms with Crippen molar-refractivity contribution in [2.75, 3.05) is 5.88 Å². The molecule has 18 heavy (non-hydrogen) atoms. The Morgan fingerprint density at radius 2 is 1.94 bits per heavy atom. The van der Waals surface area contributed by atoms with Gasteiger partial charge in [0.05, 0.1) is 5.54 Å². The van der Waals surface area contributed by atoms with Crippen LogP contribution in [0.2, 0.25) is 0 Å². The molecule has 1 amide bonds. The Bertz CT molecular complexity index is 399. The van der Waals surface area contributed by atoms with Gasteiger partial charge >= 0.3 is 0 Å². The number of rotatable bonds is 5. The number of carbonyl (C=O) groups excluding carboxylic acids is 1. The van der Waals surface area contributed by atoms with Crippen molar-refractivity contribution in [3.8, 4) is 0 Å². The molecule has 1 rings (SSSR count). The van der Waals surface area contributed by atoms with Gasteiger partial charge in [-0.3, -0.25) is 4.79 Å². The summed E-state index contributed by atoms with van der Waals surface area (Å²) in [5.74, 6) is 0.266. The fourth-order valence-corrected chi connectivity index (χ4v) is 2.36. The lowest BCUT2D eigenvalue weighted by Crippen LogP contribution is -2.49. The third kappa shape index (κ3) is 3.45. The Morgan fingerprint density at radius 1 is 1.33 bits per heavy atom. The third-order valence-corrected chi connectivity index (χ3v) is 3.83. The van der Waals surface area contributed by atoms with Crippen molar-refractivity contribution in [1.82, 2.24) is 10.3 Å². The largest absolute Gasteiger partial charge is 0.344 e. The lowest BCUT2D eigenvalue weighted by molar-refractivity contribution is 0.0897. The van der Waals surface area contributed by atoms with E-state index in [0.717, 1.165) is 24.1 Å². The van der Waals surface area contributed by atoms with Crippen LogP contribution in [0.25, 0.3) is 0 Å². The molecule has 1 aromatic heterocycles. The molecule has 1 heterocycles. The highest BCUT2D eigenvalue weighted by atomic mass is 35.5. The van der Waals surface area contributed by atoms with Gasteiger partial charge in [-0.2, -0.15) is 0 Å². The number of hydrogen-bond donors (Lipinski definition) is 1. The summed E-state index contributed by atoms with van der Waals surface area (Å²) in [5, 5.41) is 3.02. The molecule has 100 valence electrons. The van der Waals surface area contributed by atoms with E-state index in [4.69, 9.17) is 11.6 Å². The third-order valence-electron chi connectivity index (χ3n) is 3.32. The van der Waals surface area contributed by atoms with Crippen molar-refractivity contribution in [2.24, 2.45) is 0 Å². The van der Waals surface area contributed by atoms with Gasteiger partial charge in [-0.1, -0.05) is 13.8 Å². The molecule has 0 saturated heterocycles. The Balaban J connectivity index is 2.94. The van der Waals surface area contributed by atoms with Crippen LogP contribution in [-0.4, -0.2) is 22.3 Å². The Morgan fingerprint density at radius 3 is 2.39 bits per heavy atom. The standard InChI is InChI=1S/C14H21ClN2O/c1-5-14(6-2,9-15)17-13(18)12-8-10(3)7-11(4)16-12/h7-8H,5-6,9H2,1-4H3,(H,17,18). The predicted molar refractivity (Wildman–Crippen MR) is 75.2 cm³/mol. The number of nitrogens with zero attached hydrogens (tertiary/aromatic N) is 1. The highest BCUT2D eigenvalue weighted by Crippen LogP contribution is 2.18. The van der Waals surface area contributed by atoms with E-state index in [9.17, 15) is 4.79 Å². The molecule has 0 fully saturated rings. The van der Waals surface area contributed by atoms with Crippen LogP contribution < -0.4 is 5.32 Å². The van der Waals surface area contributed by atoms with Gasteiger partial charge in [-0.25, -0.2) is 4.98 Å². The summed E-state index contributed by atoms with van der Waals surface area (Å²) in [4.78, 5) is 16.5. The molecular formula is C14H21ClN2O. The molecule has 3 nitrogen and oxygen atoms in total. The molecular weight excluding hydrogens is 248 g/mol. The average molecular weight is 269 g/mol. The van der Waals surface area contributed by atoms with Gasteiger partial charge in [0.2, 0.25) is 0 Å². The minimum Gasteiger partial charge on any atom is -0.344 e. The minimum absolute atomic E-state index is 0.147. The van der Waals surface area contributed by atoms with Crippen LogP contribution in [0.3, 0.4) is 0 Å². The topological polar surface area (TPSA) is 42.0 Å². The summed E-state index contributed by atoms with van der Waals surface area (Å²) in [6, 6.07) is 3.75. The zero-order valence-corrected chi connectivity index (χ0v) is 12.3. The molecule has 1 N–H and O–H groups in total. The van der Waals surface area contributed by atoms with Gasteiger partial charge in [0.25, 0.3) is 5.91 Å². The van der Waals surface area contributed by atoms with E-state index in [0.29, 0.717) is 11.6 Å². The molecule has 0 atom stereocenters. The maximum Gasteiger partial charge on any atom is 0.270 e. The van der Waals surface area contributed by atoms with E-state index in [-0.39, 0.29) is 11.4 Å². The van der Waals surface area contributed by atoms with Crippen LogP contribution in [0.15, 0.2) is 12.1 Å². The maximum atomic E-state index is 12.2. The van der Waals surface area contributed by atoms with E-state index in [1.54, 1.807) is 6.07 Å². The number of halogens is 1. The fraction of sp³-hybridized carbons (Fsp3) is 0.571. The van der Waals surface area contributed by atoms with E-state index in [1.165, 1.54) is 0 Å². The van der Waals surface area contributed by atoms with Crippen LogP contribution in [0.1, 0.15) is 48.4 Å². The number of aryl methyl sites for hydroxylation is 2. The molecule has 0 aromatic carbocycles. The zero-order chi connectivity index (χ0) is 13.8. The second-order valence-corrected chi connectivity index (χ2v) is 5.01. The summed E-state index contributed by atoms with van der Waals surface area (Å²) in [7, 11) is 0. The van der Waals surface area contributed by atoms with Crippen LogP contribution in [0.4, 0.5) is 0 Å². The van der Waals surface area contributed by atoms with Crippen LogP contribution in [0.5, 0.6) is 0 Å². The van der Waals surface area contributed by atoms with Crippen molar-refractivity contribution in [1.29, 1.82) is 0 Å². The molecule has 0 spiro atoms. The number of nitrogens with one attached hydrogen (secondary N) is 1. The average Bonchev–Trinajstić information content (AvgIpc) is 2.35. The van der Waals surface area contributed by atoms with Crippen molar-refractivity contribution < 1.29 is 4.79 Å². The number of hydrogen-bond acceptors (Lipinski definition) is 2. The van der Waals surface area contributed by atoms with E-state index >= 15 is 0 Å². The van der Waals surface area contributed by atoms with Crippen LogP contribution in [0, 0.1) is 13.8 Å². The molecule has 4 heteroatoms. The van der Waals surface area contributed by atoms with Crippen molar-refractivity contribution >= 4 is 17.5 Å². The maximum absolute atomic E-state index is 12.2. The zero-order valence-electron chi connectivity index (χ0n) is 11.5. The van der Waals surface area contributed by atoms with E-state index < -0.39 is 0 Å². The molecule has 0 saturated carbocycles. The van der Waals surface area contributed by atoms with Crippen molar-refractivity contribution in [2.45, 2.75) is 46.1 Å². The Hall–Kier alpha value is -1.09. The summed E-state index contributed by atoms with van der Waals surface area (Å²) in [6.45, 7) is 7.90. The number of amides is 1. The number of alkyl halides is 1. The molecule has 0 aliphatic heterocycles. The quantitative estimate of drug-likeness (QED) is 0.833. The summed E-state index contributed by atoms with van der Waals surface area (Å²) in [5.41, 5.74) is 2.02. The highest BCUT2D eigenvalue weighted by Gasteiger charge is 2.27. The molecule has 0 unspecified atom stereocenters. The van der Waals surface area contributed by atoms with Crippen molar-refractivity contribution in [3.63, 3.8) is 0 Å². The van der Waals surface area contributed by atoms with E-state index in [2.05, 4.69) is 10.3 Å². The smallest absolute Gasteiger partial charge is 0.270 e. The molecule has 0 radical (unpaired) electrons. The lowest BCUT2D eigenvalue weighted by atomic mass is 9.95. The number of carbonyl (C=O) groups is 1. The van der Waals surface area contributed by atoms with Gasteiger partial charge in [0.15, 0.2) is 0 Å². The first kappa shape index (κ1) is 15.0. The second kappa shape index (κ2) is 6.19. The number of pyridine rings is 1. The van der Waals surface area contributed by atoms with Crippen LogP contribution >= 0.6 is 11.6 Å². The van der Waals surface area contributed by atoms with Gasteiger partial charge in [-0.15, -0.1) is 11.6 Å². The van der Waals surface area contributed by atoms with Gasteiger partial charge < -0.3 is 5.32 Å². The predicted octanol–water partition coefficient (Wildman–Crippen LogP) is 3.23. The normalized spacial score (nSPS) is 11.4. The van der Waals surface area contributed by atoms with Gasteiger partial charge in [-0.05, 0) is 44.4 Å². The first-order valence-corrected chi connectivity index (χ1v) is 6.83. The van der Waals surface area contributed by atoms with Gasteiger partial charge in [0, 0.05) is 11.6 Å². The molecule has 0 aliphatic rings. The molecule has 1 aromatic rings. The molecule has 0 bridgehead atoms. The Kier molecular flexibility index (Phi) is 5.15. The lowest BCUT2D eigenvalue weighted by Gasteiger charge is -2.30. The first-order chi connectivity index (χ1) is 8.46. The second-order valence-electron chi connectivity index (χ2n) is 4.75. The summed E-state index contributed by atoms with van der Waals surface area (Å²) in [6.07, 6.45) is 1.62. The van der Waals surface area contributed by atoms with Gasteiger partial charge in [0.1, 0.15) is 5.69 Å². The van der Waals surface area contributed by atoms with E-state index in [1.807, 2.05) is 33.8 Å². The minimum atomic E-state index is -0.335.